The molecule has 3 rings (SSSR count). The van der Waals surface area contributed by atoms with Gasteiger partial charge < -0.3 is 14.2 Å². The Morgan fingerprint density at radius 3 is 2.81 bits per heavy atom. The molecule has 1 unspecified atom stereocenters. The minimum absolute atomic E-state index is 0.00758. The van der Waals surface area contributed by atoms with Crippen molar-refractivity contribution < 1.29 is 9.21 Å². The number of rotatable bonds is 7. The number of amides is 1. The molecule has 0 fully saturated rings. The van der Waals surface area contributed by atoms with E-state index >= 15 is 0 Å². The summed E-state index contributed by atoms with van der Waals surface area (Å²) in [4.78, 5) is 17.3. The molecule has 1 aliphatic carbocycles. The van der Waals surface area contributed by atoms with Gasteiger partial charge in [0.25, 0.3) is 5.91 Å². The van der Waals surface area contributed by atoms with Gasteiger partial charge in [-0.3, -0.25) is 9.48 Å². The molecule has 0 saturated heterocycles. The van der Waals surface area contributed by atoms with Crippen LogP contribution in [0.25, 0.3) is 0 Å². The zero-order valence-corrected chi connectivity index (χ0v) is 17.2. The molecule has 6 nitrogen and oxygen atoms in total. The van der Waals surface area contributed by atoms with Gasteiger partial charge >= 0.3 is 0 Å². The number of likely N-dealkylation sites (N-methyl/N-ethyl adjacent to an activating group) is 1. The molecule has 0 bridgehead atoms. The summed E-state index contributed by atoms with van der Waals surface area (Å²) in [6.07, 6.45) is 6.33. The van der Waals surface area contributed by atoms with Gasteiger partial charge in [-0.25, -0.2) is 0 Å². The second-order valence-electron chi connectivity index (χ2n) is 8.11. The predicted molar refractivity (Wildman–Crippen MR) is 106 cm³/mol. The van der Waals surface area contributed by atoms with Gasteiger partial charge in [0.1, 0.15) is 0 Å². The molecule has 1 aliphatic rings. The lowest BCUT2D eigenvalue weighted by Gasteiger charge is -2.33. The topological polar surface area (TPSA) is 54.5 Å². The molecule has 0 spiro atoms. The second kappa shape index (κ2) is 8.30. The minimum atomic E-state index is -0.00758. The predicted octanol–water partition coefficient (Wildman–Crippen LogP) is 3.21. The van der Waals surface area contributed by atoms with E-state index in [0.29, 0.717) is 24.2 Å². The highest BCUT2D eigenvalue weighted by Gasteiger charge is 2.31. The van der Waals surface area contributed by atoms with Crippen LogP contribution in [0.2, 0.25) is 0 Å². The van der Waals surface area contributed by atoms with Crippen molar-refractivity contribution in [2.45, 2.75) is 59.2 Å². The number of hydrogen-bond donors (Lipinski definition) is 0. The number of nitrogens with zero attached hydrogens (tertiary/aromatic N) is 4. The first-order chi connectivity index (χ1) is 12.9. The maximum absolute atomic E-state index is 13.1. The van der Waals surface area contributed by atoms with Crippen molar-refractivity contribution in [3.8, 4) is 0 Å². The Morgan fingerprint density at radius 2 is 2.19 bits per heavy atom. The van der Waals surface area contributed by atoms with Gasteiger partial charge in [0, 0.05) is 49.5 Å². The number of aromatic nitrogens is 2. The zero-order valence-electron chi connectivity index (χ0n) is 17.2. The molecule has 1 amide bonds. The SMILES string of the molecule is CCn1nc(C(=O)N(C)Cc2ccoc2)c2c1CCC(N(C)CC(C)C)C2. The van der Waals surface area contributed by atoms with Crippen molar-refractivity contribution in [3.63, 3.8) is 0 Å². The molecule has 0 radical (unpaired) electrons. The van der Waals surface area contributed by atoms with Crippen molar-refractivity contribution >= 4 is 5.91 Å². The third-order valence-corrected chi connectivity index (χ3v) is 5.45. The summed E-state index contributed by atoms with van der Waals surface area (Å²) < 4.78 is 7.14. The van der Waals surface area contributed by atoms with Crippen LogP contribution in [0, 0.1) is 5.92 Å². The number of fused-ring (bicyclic) bond motifs is 1. The quantitative estimate of drug-likeness (QED) is 0.749. The summed E-state index contributed by atoms with van der Waals surface area (Å²) >= 11 is 0. The summed E-state index contributed by atoms with van der Waals surface area (Å²) in [6, 6.07) is 2.36. The monoisotopic (exact) mass is 372 g/mol. The van der Waals surface area contributed by atoms with E-state index in [1.807, 2.05) is 17.8 Å². The van der Waals surface area contributed by atoms with Crippen LogP contribution in [-0.4, -0.2) is 52.2 Å². The summed E-state index contributed by atoms with van der Waals surface area (Å²) in [7, 11) is 4.03. The van der Waals surface area contributed by atoms with E-state index < -0.39 is 0 Å². The van der Waals surface area contributed by atoms with E-state index in [1.54, 1.807) is 17.4 Å². The lowest BCUT2D eigenvalue weighted by atomic mass is 9.90. The van der Waals surface area contributed by atoms with E-state index in [0.717, 1.165) is 43.5 Å². The highest BCUT2D eigenvalue weighted by molar-refractivity contribution is 5.94. The Balaban J connectivity index is 1.82. The summed E-state index contributed by atoms with van der Waals surface area (Å²) in [5, 5.41) is 4.70. The van der Waals surface area contributed by atoms with E-state index in [1.165, 1.54) is 5.69 Å². The maximum atomic E-state index is 13.1. The van der Waals surface area contributed by atoms with Crippen LogP contribution in [0.1, 0.15) is 54.5 Å². The largest absolute Gasteiger partial charge is 0.472 e. The first-order valence-electron chi connectivity index (χ1n) is 9.96. The van der Waals surface area contributed by atoms with Gasteiger partial charge in [-0.15, -0.1) is 0 Å². The lowest BCUT2D eigenvalue weighted by molar-refractivity contribution is 0.0776. The molecule has 0 N–H and O–H groups in total. The normalized spacial score (nSPS) is 16.8. The smallest absolute Gasteiger partial charge is 0.274 e. The molecule has 0 aromatic carbocycles. The van der Waals surface area contributed by atoms with Crippen molar-refractivity contribution in [2.24, 2.45) is 5.92 Å². The molecule has 1 atom stereocenters. The average Bonchev–Trinajstić information content (AvgIpc) is 3.27. The number of aryl methyl sites for hydroxylation is 1. The van der Waals surface area contributed by atoms with Gasteiger partial charge in [-0.2, -0.15) is 5.10 Å². The third-order valence-electron chi connectivity index (χ3n) is 5.45. The van der Waals surface area contributed by atoms with Crippen LogP contribution in [0.3, 0.4) is 0 Å². The Morgan fingerprint density at radius 1 is 1.41 bits per heavy atom. The van der Waals surface area contributed by atoms with E-state index in [-0.39, 0.29) is 5.91 Å². The zero-order chi connectivity index (χ0) is 19.6. The van der Waals surface area contributed by atoms with Gasteiger partial charge in [0.2, 0.25) is 0 Å². The fourth-order valence-electron chi connectivity index (χ4n) is 4.11. The van der Waals surface area contributed by atoms with Crippen LogP contribution in [0.5, 0.6) is 0 Å². The van der Waals surface area contributed by atoms with E-state index in [2.05, 4.69) is 32.7 Å². The number of carbonyl (C=O) groups excluding carboxylic acids is 1. The van der Waals surface area contributed by atoms with E-state index in [4.69, 9.17) is 9.52 Å². The average molecular weight is 373 g/mol. The number of carbonyl (C=O) groups is 1. The van der Waals surface area contributed by atoms with Crippen LogP contribution in [-0.2, 0) is 25.9 Å². The summed E-state index contributed by atoms with van der Waals surface area (Å²) in [5.41, 5.74) is 4.00. The first kappa shape index (κ1) is 19.7. The molecular formula is C21H32N4O2. The molecule has 27 heavy (non-hydrogen) atoms. The fraction of sp³-hybridized carbons (Fsp3) is 0.619. The second-order valence-corrected chi connectivity index (χ2v) is 8.11. The number of furan rings is 1. The third kappa shape index (κ3) is 4.26. The fourth-order valence-corrected chi connectivity index (χ4v) is 4.11. The molecule has 6 heteroatoms. The first-order valence-corrected chi connectivity index (χ1v) is 9.96. The number of hydrogen-bond acceptors (Lipinski definition) is 4. The van der Waals surface area contributed by atoms with Crippen LogP contribution < -0.4 is 0 Å². The maximum Gasteiger partial charge on any atom is 0.274 e. The van der Waals surface area contributed by atoms with Gasteiger partial charge in [-0.05, 0) is 45.2 Å². The van der Waals surface area contributed by atoms with Crippen molar-refractivity contribution in [1.29, 1.82) is 0 Å². The molecule has 0 aliphatic heterocycles. The lowest BCUT2D eigenvalue weighted by Crippen LogP contribution is -2.39. The molecule has 2 aromatic heterocycles. The van der Waals surface area contributed by atoms with Crippen molar-refractivity contribution in [2.75, 3.05) is 20.6 Å². The van der Waals surface area contributed by atoms with E-state index in [9.17, 15) is 4.79 Å². The Kier molecular flexibility index (Phi) is 6.05. The minimum Gasteiger partial charge on any atom is -0.472 e. The van der Waals surface area contributed by atoms with Gasteiger partial charge in [0.15, 0.2) is 5.69 Å². The standard InChI is InChI=1S/C21H32N4O2/c1-6-25-19-8-7-17(23(4)12-15(2)3)11-18(19)20(22-25)21(26)24(5)13-16-9-10-27-14-16/h9-10,14-15,17H,6-8,11-13H2,1-5H3. The summed E-state index contributed by atoms with van der Waals surface area (Å²) in [6.45, 7) is 8.99. The van der Waals surface area contributed by atoms with Gasteiger partial charge in [0.05, 0.1) is 12.5 Å². The van der Waals surface area contributed by atoms with Crippen molar-refractivity contribution in [3.05, 3.63) is 41.1 Å². The Bertz CT molecular complexity index is 763. The van der Waals surface area contributed by atoms with Gasteiger partial charge in [-0.1, -0.05) is 13.8 Å². The summed E-state index contributed by atoms with van der Waals surface area (Å²) in [5.74, 6) is 0.628. The Labute approximate surface area is 162 Å². The highest BCUT2D eigenvalue weighted by atomic mass is 16.3. The molecule has 148 valence electrons. The van der Waals surface area contributed by atoms with Crippen LogP contribution in [0.15, 0.2) is 23.0 Å². The highest BCUT2D eigenvalue weighted by Crippen LogP contribution is 2.28. The molecule has 2 aromatic rings. The van der Waals surface area contributed by atoms with Crippen molar-refractivity contribution in [1.82, 2.24) is 19.6 Å². The Hall–Kier alpha value is -2.08. The molecule has 0 saturated carbocycles. The van der Waals surface area contributed by atoms with Crippen LogP contribution >= 0.6 is 0 Å². The molecular weight excluding hydrogens is 340 g/mol. The molecule has 2 heterocycles. The van der Waals surface area contributed by atoms with Crippen LogP contribution in [0.4, 0.5) is 0 Å².